The van der Waals surface area contributed by atoms with Crippen LogP contribution in [0.4, 0.5) is 15.8 Å². The maximum Gasteiger partial charge on any atom is 0.258 e. The van der Waals surface area contributed by atoms with Gasteiger partial charge < -0.3 is 19.9 Å². The van der Waals surface area contributed by atoms with Crippen molar-refractivity contribution >= 4 is 45.7 Å². The van der Waals surface area contributed by atoms with Crippen molar-refractivity contribution in [1.82, 2.24) is 23.4 Å². The van der Waals surface area contributed by atoms with Gasteiger partial charge in [-0.05, 0) is 31.9 Å². The molecular formula is C21H20FN7OS. The minimum Gasteiger partial charge on any atom is -0.367 e. The number of carbonyl (C=O) groups is 1. The number of piperazine rings is 1. The van der Waals surface area contributed by atoms with Crippen LogP contribution in [0.1, 0.15) is 28.9 Å². The fraction of sp³-hybridized carbons (Fsp3) is 0.333. The maximum absolute atomic E-state index is 14.4. The Labute approximate surface area is 181 Å². The molecule has 0 unspecified atom stereocenters. The zero-order valence-corrected chi connectivity index (χ0v) is 17.7. The first-order chi connectivity index (χ1) is 15.0. The smallest absolute Gasteiger partial charge is 0.258 e. The number of aromatic nitrogens is 4. The molecule has 2 fully saturated rings. The van der Waals surface area contributed by atoms with Crippen LogP contribution in [-0.4, -0.2) is 49.2 Å². The zero-order chi connectivity index (χ0) is 21.2. The Kier molecular flexibility index (Phi) is 4.03. The fourth-order valence-electron chi connectivity index (χ4n) is 4.39. The van der Waals surface area contributed by atoms with E-state index in [1.165, 1.54) is 18.9 Å². The highest BCUT2D eigenvalue weighted by Crippen LogP contribution is 2.40. The highest BCUT2D eigenvalue weighted by atomic mass is 32.1. The second kappa shape index (κ2) is 6.69. The van der Waals surface area contributed by atoms with Gasteiger partial charge in [0.05, 0.1) is 34.4 Å². The van der Waals surface area contributed by atoms with Gasteiger partial charge in [-0.3, -0.25) is 4.79 Å². The molecule has 1 aromatic carbocycles. The summed E-state index contributed by atoms with van der Waals surface area (Å²) in [7, 11) is 0. The largest absolute Gasteiger partial charge is 0.367 e. The molecule has 6 rings (SSSR count). The number of amides is 1. The van der Waals surface area contributed by atoms with Gasteiger partial charge in [-0.2, -0.15) is 8.75 Å². The van der Waals surface area contributed by atoms with Crippen molar-refractivity contribution in [2.45, 2.75) is 25.3 Å². The first-order valence-electron chi connectivity index (χ1n) is 10.2. The summed E-state index contributed by atoms with van der Waals surface area (Å²) in [5.41, 5.74) is 4.26. The highest BCUT2D eigenvalue weighted by molar-refractivity contribution is 7.00. The third-order valence-electron chi connectivity index (χ3n) is 6.09. The van der Waals surface area contributed by atoms with Gasteiger partial charge in [0.15, 0.2) is 11.5 Å². The van der Waals surface area contributed by atoms with E-state index in [-0.39, 0.29) is 17.1 Å². The van der Waals surface area contributed by atoms with E-state index in [0.29, 0.717) is 22.5 Å². The van der Waals surface area contributed by atoms with Gasteiger partial charge in [0.1, 0.15) is 11.0 Å². The van der Waals surface area contributed by atoms with Gasteiger partial charge in [-0.25, -0.2) is 9.37 Å². The number of imidazole rings is 1. The summed E-state index contributed by atoms with van der Waals surface area (Å²) in [5.74, 6) is -0.840. The molecule has 4 aromatic rings. The monoisotopic (exact) mass is 437 g/mol. The second-order valence-corrected chi connectivity index (χ2v) is 8.89. The Hall–Kier alpha value is -3.11. The van der Waals surface area contributed by atoms with Gasteiger partial charge in [-0.15, -0.1) is 0 Å². The SMILES string of the molecule is Cc1cn2cc(NC(=O)c3ccc(N4CCNC5(CC5)C4)c4nsnc34)cc(F)c2n1. The summed E-state index contributed by atoms with van der Waals surface area (Å²) >= 11 is 1.10. The quantitative estimate of drug-likeness (QED) is 0.512. The molecule has 8 nitrogen and oxygen atoms in total. The number of aryl methyl sites for hydroxylation is 1. The number of carbonyl (C=O) groups excluding carboxylic acids is 1. The molecular weight excluding hydrogens is 417 g/mol. The predicted octanol–water partition coefficient (Wildman–Crippen LogP) is 2.98. The van der Waals surface area contributed by atoms with Crippen molar-refractivity contribution in [3.05, 3.63) is 47.7 Å². The lowest BCUT2D eigenvalue weighted by Gasteiger charge is -2.35. The number of hydrogen-bond acceptors (Lipinski definition) is 7. The van der Waals surface area contributed by atoms with E-state index >= 15 is 0 Å². The average Bonchev–Trinajstić information content (AvgIpc) is 3.13. The molecule has 1 spiro atoms. The zero-order valence-electron chi connectivity index (χ0n) is 16.9. The average molecular weight is 438 g/mol. The van der Waals surface area contributed by atoms with Crippen LogP contribution in [0.3, 0.4) is 0 Å². The van der Waals surface area contributed by atoms with Crippen molar-refractivity contribution < 1.29 is 9.18 Å². The van der Waals surface area contributed by atoms with Crippen LogP contribution in [-0.2, 0) is 0 Å². The molecule has 1 saturated carbocycles. The van der Waals surface area contributed by atoms with Crippen molar-refractivity contribution in [3.8, 4) is 0 Å². The number of halogens is 1. The van der Waals surface area contributed by atoms with Gasteiger partial charge in [0.2, 0.25) is 0 Å². The van der Waals surface area contributed by atoms with Crippen LogP contribution in [0, 0.1) is 12.7 Å². The lowest BCUT2D eigenvalue weighted by atomic mass is 10.1. The van der Waals surface area contributed by atoms with E-state index in [0.717, 1.165) is 42.6 Å². The summed E-state index contributed by atoms with van der Waals surface area (Å²) in [6.45, 7) is 4.56. The molecule has 1 saturated heterocycles. The van der Waals surface area contributed by atoms with Gasteiger partial charge >= 0.3 is 0 Å². The maximum atomic E-state index is 14.4. The molecule has 4 heterocycles. The Bertz CT molecular complexity index is 1340. The summed E-state index contributed by atoms with van der Waals surface area (Å²) in [6.07, 6.45) is 5.75. The molecule has 1 aliphatic carbocycles. The Balaban J connectivity index is 1.32. The normalized spacial score (nSPS) is 17.5. The summed E-state index contributed by atoms with van der Waals surface area (Å²) < 4.78 is 24.8. The Morgan fingerprint density at radius 2 is 2.10 bits per heavy atom. The molecule has 3 aromatic heterocycles. The lowest BCUT2D eigenvalue weighted by Crippen LogP contribution is -2.52. The van der Waals surface area contributed by atoms with Gasteiger partial charge in [-0.1, -0.05) is 0 Å². The molecule has 0 radical (unpaired) electrons. The molecule has 158 valence electrons. The Morgan fingerprint density at radius 3 is 2.94 bits per heavy atom. The topological polar surface area (TPSA) is 87.5 Å². The number of pyridine rings is 1. The van der Waals surface area contributed by atoms with Crippen LogP contribution in [0.5, 0.6) is 0 Å². The third kappa shape index (κ3) is 3.14. The summed E-state index contributed by atoms with van der Waals surface area (Å²) in [5, 5.41) is 6.40. The van der Waals surface area contributed by atoms with E-state index in [1.54, 1.807) is 29.8 Å². The molecule has 10 heteroatoms. The minimum absolute atomic E-state index is 0.232. The van der Waals surface area contributed by atoms with E-state index < -0.39 is 5.82 Å². The molecule has 0 atom stereocenters. The molecule has 0 bridgehead atoms. The number of fused-ring (bicyclic) bond motifs is 2. The number of nitrogens with one attached hydrogen (secondary N) is 2. The van der Waals surface area contributed by atoms with Crippen molar-refractivity contribution in [3.63, 3.8) is 0 Å². The highest BCUT2D eigenvalue weighted by Gasteiger charge is 2.45. The molecule has 2 aliphatic rings. The molecule has 31 heavy (non-hydrogen) atoms. The molecule has 1 amide bonds. The number of nitrogens with zero attached hydrogens (tertiary/aromatic N) is 5. The standard InChI is InChI=1S/C21H20FN7OS/c1-12-9-29-10-13(8-15(22)19(29)24-12)25-20(30)14-2-3-16(18-17(14)26-31-27-18)28-7-6-23-21(11-28)4-5-21/h2-3,8-10,23H,4-7,11H2,1H3,(H,25,30). The molecule has 2 N–H and O–H groups in total. The van der Waals surface area contributed by atoms with Gasteiger partial charge in [0, 0.05) is 43.6 Å². The fourth-order valence-corrected chi connectivity index (χ4v) is 4.95. The number of anilines is 2. The van der Waals surface area contributed by atoms with E-state index in [1.807, 2.05) is 6.07 Å². The van der Waals surface area contributed by atoms with Crippen LogP contribution in [0.2, 0.25) is 0 Å². The first-order valence-corrected chi connectivity index (χ1v) is 11.0. The predicted molar refractivity (Wildman–Crippen MR) is 117 cm³/mol. The first kappa shape index (κ1) is 18.6. The van der Waals surface area contributed by atoms with Crippen LogP contribution < -0.4 is 15.5 Å². The van der Waals surface area contributed by atoms with Crippen LogP contribution >= 0.6 is 11.7 Å². The third-order valence-corrected chi connectivity index (χ3v) is 6.62. The summed E-state index contributed by atoms with van der Waals surface area (Å²) in [4.78, 5) is 19.5. The van der Waals surface area contributed by atoms with E-state index in [9.17, 15) is 9.18 Å². The number of hydrogen-bond donors (Lipinski definition) is 2. The van der Waals surface area contributed by atoms with Gasteiger partial charge in [0.25, 0.3) is 5.91 Å². The number of rotatable bonds is 3. The second-order valence-electron chi connectivity index (χ2n) is 8.37. The van der Waals surface area contributed by atoms with Crippen molar-refractivity contribution in [2.24, 2.45) is 0 Å². The van der Waals surface area contributed by atoms with Crippen molar-refractivity contribution in [1.29, 1.82) is 0 Å². The Morgan fingerprint density at radius 1 is 1.26 bits per heavy atom. The number of benzene rings is 1. The van der Waals surface area contributed by atoms with Crippen LogP contribution in [0.15, 0.2) is 30.6 Å². The minimum atomic E-state index is -0.491. The van der Waals surface area contributed by atoms with E-state index in [4.69, 9.17) is 0 Å². The molecule has 1 aliphatic heterocycles. The lowest BCUT2D eigenvalue weighted by molar-refractivity contribution is 0.102. The van der Waals surface area contributed by atoms with E-state index in [2.05, 4.69) is 29.3 Å². The van der Waals surface area contributed by atoms with Crippen LogP contribution in [0.25, 0.3) is 16.7 Å². The summed E-state index contributed by atoms with van der Waals surface area (Å²) in [6, 6.07) is 5.01. The van der Waals surface area contributed by atoms with Crippen molar-refractivity contribution in [2.75, 3.05) is 29.9 Å².